The van der Waals surface area contributed by atoms with Gasteiger partial charge < -0.3 is 9.72 Å². The lowest BCUT2D eigenvalue weighted by Crippen LogP contribution is -2.15. The standard InChI is InChI=1S/C13H15BrN4O2/c1-7(2)6-9-11(14)13(19)16-12(15-9)8-4-5-10(20-3)18-17-8/h4-5,7H,6H2,1-3H3,(H,15,16,19). The zero-order valence-electron chi connectivity index (χ0n) is 11.5. The van der Waals surface area contributed by atoms with E-state index in [4.69, 9.17) is 4.74 Å². The van der Waals surface area contributed by atoms with Crippen molar-refractivity contribution in [3.05, 3.63) is 32.7 Å². The van der Waals surface area contributed by atoms with E-state index in [1.54, 1.807) is 12.1 Å². The number of aromatic amines is 1. The molecule has 0 fully saturated rings. The average Bonchev–Trinajstić information content (AvgIpc) is 2.43. The number of ether oxygens (including phenoxy) is 1. The highest BCUT2D eigenvalue weighted by Crippen LogP contribution is 2.18. The van der Waals surface area contributed by atoms with Gasteiger partial charge in [0.25, 0.3) is 5.56 Å². The molecule has 0 amide bonds. The Morgan fingerprint density at radius 2 is 2.10 bits per heavy atom. The van der Waals surface area contributed by atoms with E-state index in [1.165, 1.54) is 7.11 Å². The molecular formula is C13H15BrN4O2. The summed E-state index contributed by atoms with van der Waals surface area (Å²) in [4.78, 5) is 19.1. The number of aromatic nitrogens is 4. The predicted octanol–water partition coefficient (Wildman–Crippen LogP) is 2.20. The minimum absolute atomic E-state index is 0.219. The third-order valence-electron chi connectivity index (χ3n) is 2.62. The normalized spacial score (nSPS) is 10.8. The molecule has 2 aromatic heterocycles. The summed E-state index contributed by atoms with van der Waals surface area (Å²) in [6.07, 6.45) is 0.709. The second kappa shape index (κ2) is 6.13. The Balaban J connectivity index is 2.45. The van der Waals surface area contributed by atoms with Gasteiger partial charge in [0.1, 0.15) is 10.2 Å². The molecule has 0 spiro atoms. The van der Waals surface area contributed by atoms with E-state index in [9.17, 15) is 4.79 Å². The van der Waals surface area contributed by atoms with Gasteiger partial charge in [0.05, 0.1) is 12.8 Å². The van der Waals surface area contributed by atoms with Crippen LogP contribution in [-0.4, -0.2) is 27.3 Å². The van der Waals surface area contributed by atoms with Gasteiger partial charge in [-0.1, -0.05) is 13.8 Å². The molecule has 6 nitrogen and oxygen atoms in total. The van der Waals surface area contributed by atoms with Crippen molar-refractivity contribution in [2.24, 2.45) is 5.92 Å². The number of hydrogen-bond donors (Lipinski definition) is 1. The van der Waals surface area contributed by atoms with Gasteiger partial charge in [-0.3, -0.25) is 4.79 Å². The second-order valence-corrected chi connectivity index (χ2v) is 5.53. The molecule has 0 saturated heterocycles. The van der Waals surface area contributed by atoms with Crippen LogP contribution in [0.3, 0.4) is 0 Å². The molecule has 0 aliphatic heterocycles. The largest absolute Gasteiger partial charge is 0.480 e. The van der Waals surface area contributed by atoms with E-state index in [0.717, 1.165) is 5.69 Å². The molecule has 0 aliphatic rings. The van der Waals surface area contributed by atoms with Crippen molar-refractivity contribution >= 4 is 15.9 Å². The van der Waals surface area contributed by atoms with Crippen LogP contribution >= 0.6 is 15.9 Å². The summed E-state index contributed by atoms with van der Waals surface area (Å²) in [6, 6.07) is 3.38. The molecule has 0 radical (unpaired) electrons. The van der Waals surface area contributed by atoms with Gasteiger partial charge in [0.2, 0.25) is 5.88 Å². The van der Waals surface area contributed by atoms with Crippen molar-refractivity contribution < 1.29 is 4.74 Å². The van der Waals surface area contributed by atoms with Crippen molar-refractivity contribution in [1.82, 2.24) is 20.2 Å². The molecule has 20 heavy (non-hydrogen) atoms. The number of methoxy groups -OCH3 is 1. The zero-order chi connectivity index (χ0) is 14.7. The van der Waals surface area contributed by atoms with Gasteiger partial charge in [-0.05, 0) is 34.3 Å². The quantitative estimate of drug-likeness (QED) is 0.924. The van der Waals surface area contributed by atoms with Gasteiger partial charge in [0, 0.05) is 6.07 Å². The molecule has 7 heteroatoms. The van der Waals surface area contributed by atoms with Crippen molar-refractivity contribution in [2.45, 2.75) is 20.3 Å². The summed E-state index contributed by atoms with van der Waals surface area (Å²) in [6.45, 7) is 4.14. The third kappa shape index (κ3) is 3.22. The molecule has 2 aromatic rings. The van der Waals surface area contributed by atoms with Gasteiger partial charge in [-0.2, -0.15) is 0 Å². The molecule has 0 atom stereocenters. The van der Waals surface area contributed by atoms with Crippen LogP contribution < -0.4 is 10.3 Å². The number of H-pyrrole nitrogens is 1. The minimum Gasteiger partial charge on any atom is -0.480 e. The predicted molar refractivity (Wildman–Crippen MR) is 78.7 cm³/mol. The highest BCUT2D eigenvalue weighted by atomic mass is 79.9. The fourth-order valence-corrected chi connectivity index (χ4v) is 2.05. The van der Waals surface area contributed by atoms with Crippen molar-refractivity contribution in [1.29, 1.82) is 0 Å². The lowest BCUT2D eigenvalue weighted by Gasteiger charge is -2.08. The molecule has 0 unspecified atom stereocenters. The van der Waals surface area contributed by atoms with Crippen LogP contribution in [0.15, 0.2) is 21.4 Å². The highest BCUT2D eigenvalue weighted by Gasteiger charge is 2.12. The maximum absolute atomic E-state index is 11.9. The first-order valence-corrected chi connectivity index (χ1v) is 6.97. The van der Waals surface area contributed by atoms with Crippen molar-refractivity contribution in [2.75, 3.05) is 7.11 Å². The first kappa shape index (κ1) is 14.6. The number of nitrogens with zero attached hydrogens (tertiary/aromatic N) is 3. The van der Waals surface area contributed by atoms with Crippen LogP contribution in [0.2, 0.25) is 0 Å². The van der Waals surface area contributed by atoms with E-state index < -0.39 is 0 Å². The van der Waals surface area contributed by atoms with Gasteiger partial charge in [0.15, 0.2) is 5.82 Å². The fraction of sp³-hybridized carbons (Fsp3) is 0.385. The van der Waals surface area contributed by atoms with Crippen LogP contribution in [0.4, 0.5) is 0 Å². The van der Waals surface area contributed by atoms with E-state index >= 15 is 0 Å². The van der Waals surface area contributed by atoms with Gasteiger partial charge in [-0.25, -0.2) is 4.98 Å². The fourth-order valence-electron chi connectivity index (χ4n) is 1.70. The molecule has 0 saturated carbocycles. The first-order chi connectivity index (χ1) is 9.51. The van der Waals surface area contributed by atoms with Crippen LogP contribution in [0, 0.1) is 5.92 Å². The molecule has 1 N–H and O–H groups in total. The highest BCUT2D eigenvalue weighted by molar-refractivity contribution is 9.10. The monoisotopic (exact) mass is 338 g/mol. The van der Waals surface area contributed by atoms with Crippen LogP contribution in [0.1, 0.15) is 19.5 Å². The summed E-state index contributed by atoms with van der Waals surface area (Å²) >= 11 is 3.28. The Kier molecular flexibility index (Phi) is 4.49. The summed E-state index contributed by atoms with van der Waals surface area (Å²) in [5.41, 5.74) is 1.00. The summed E-state index contributed by atoms with van der Waals surface area (Å²) in [5.74, 6) is 1.22. The first-order valence-electron chi connectivity index (χ1n) is 6.18. The van der Waals surface area contributed by atoms with Gasteiger partial charge >= 0.3 is 0 Å². The Hall–Kier alpha value is -1.76. The van der Waals surface area contributed by atoms with Crippen LogP contribution in [0.25, 0.3) is 11.5 Å². The Morgan fingerprint density at radius 3 is 2.65 bits per heavy atom. The number of nitrogens with one attached hydrogen (secondary N) is 1. The van der Waals surface area contributed by atoms with E-state index in [-0.39, 0.29) is 5.56 Å². The summed E-state index contributed by atoms with van der Waals surface area (Å²) in [5, 5.41) is 7.86. The van der Waals surface area contributed by atoms with Crippen molar-refractivity contribution in [3.8, 4) is 17.4 Å². The zero-order valence-corrected chi connectivity index (χ0v) is 13.1. The Bertz CT molecular complexity index is 652. The van der Waals surface area contributed by atoms with E-state index in [1.807, 2.05) is 0 Å². The average molecular weight is 339 g/mol. The number of hydrogen-bond acceptors (Lipinski definition) is 5. The molecule has 2 rings (SSSR count). The van der Waals surface area contributed by atoms with E-state index in [2.05, 4.69) is 49.9 Å². The molecule has 0 aliphatic carbocycles. The smallest absolute Gasteiger partial charge is 0.265 e. The maximum atomic E-state index is 11.9. The third-order valence-corrected chi connectivity index (χ3v) is 3.44. The molecule has 106 valence electrons. The molecular weight excluding hydrogens is 324 g/mol. The Labute approximate surface area is 124 Å². The summed E-state index contributed by atoms with van der Waals surface area (Å²) in [7, 11) is 1.52. The lowest BCUT2D eigenvalue weighted by molar-refractivity contribution is 0.392. The minimum atomic E-state index is -0.219. The van der Waals surface area contributed by atoms with Gasteiger partial charge in [-0.15, -0.1) is 10.2 Å². The van der Waals surface area contributed by atoms with E-state index in [0.29, 0.717) is 34.2 Å². The molecule has 2 heterocycles. The number of rotatable bonds is 4. The van der Waals surface area contributed by atoms with Crippen LogP contribution in [-0.2, 0) is 6.42 Å². The second-order valence-electron chi connectivity index (χ2n) is 4.73. The Morgan fingerprint density at radius 1 is 1.35 bits per heavy atom. The van der Waals surface area contributed by atoms with Crippen LogP contribution in [0.5, 0.6) is 5.88 Å². The number of halogens is 1. The molecule has 0 aromatic carbocycles. The van der Waals surface area contributed by atoms with Crippen molar-refractivity contribution in [3.63, 3.8) is 0 Å². The summed E-state index contributed by atoms with van der Waals surface area (Å²) < 4.78 is 5.42. The lowest BCUT2D eigenvalue weighted by atomic mass is 10.1. The maximum Gasteiger partial charge on any atom is 0.265 e. The topological polar surface area (TPSA) is 80.8 Å². The molecule has 0 bridgehead atoms. The SMILES string of the molecule is COc1ccc(-c2nc(CC(C)C)c(Br)c(=O)[nH]2)nn1.